The van der Waals surface area contributed by atoms with Gasteiger partial charge in [0, 0.05) is 23.1 Å². The second-order valence-corrected chi connectivity index (χ2v) is 5.66. The van der Waals surface area contributed by atoms with Crippen LogP contribution in [0.5, 0.6) is 0 Å². The molecule has 1 spiro atoms. The fraction of sp³-hybridized carbons (Fsp3) is 0.231. The van der Waals surface area contributed by atoms with Gasteiger partial charge in [-0.1, -0.05) is 6.07 Å². The molecule has 0 radical (unpaired) electrons. The van der Waals surface area contributed by atoms with E-state index in [1.54, 1.807) is 17.5 Å². The Balaban J connectivity index is 1.91. The minimum absolute atomic E-state index is 0.106. The van der Waals surface area contributed by atoms with E-state index >= 15 is 0 Å². The monoisotopic (exact) mass is 242 g/mol. The average Bonchev–Trinajstić information content (AvgIpc) is 2.94. The van der Waals surface area contributed by atoms with Crippen LogP contribution in [0, 0.1) is 0 Å². The molecule has 0 saturated carbocycles. The van der Waals surface area contributed by atoms with E-state index in [0.29, 0.717) is 0 Å². The van der Waals surface area contributed by atoms with Gasteiger partial charge in [0.15, 0.2) is 0 Å². The molecule has 0 aromatic carbocycles. The smallest absolute Gasteiger partial charge is 0.237 e. The van der Waals surface area contributed by atoms with Gasteiger partial charge in [-0.05, 0) is 29.5 Å². The van der Waals surface area contributed by atoms with Crippen LogP contribution in [0.25, 0.3) is 0 Å². The maximum Gasteiger partial charge on any atom is 0.237 e. The van der Waals surface area contributed by atoms with Gasteiger partial charge in [-0.2, -0.15) is 0 Å². The van der Waals surface area contributed by atoms with E-state index in [1.807, 2.05) is 12.1 Å². The normalized spacial score (nSPS) is 24.8. The van der Waals surface area contributed by atoms with Crippen LogP contribution in [-0.4, -0.2) is 10.9 Å². The van der Waals surface area contributed by atoms with Crippen LogP contribution in [0.1, 0.15) is 16.0 Å². The highest BCUT2D eigenvalue weighted by Crippen LogP contribution is 2.47. The number of nitrogens with one attached hydrogen (secondary N) is 1. The lowest BCUT2D eigenvalue weighted by atomic mass is 9.80. The summed E-state index contributed by atoms with van der Waals surface area (Å²) in [6, 6.07) is 6.07. The number of carbonyl (C=O) groups excluding carboxylic acids is 1. The molecule has 1 amide bonds. The van der Waals surface area contributed by atoms with Gasteiger partial charge in [-0.15, -0.1) is 11.3 Å². The predicted octanol–water partition coefficient (Wildman–Crippen LogP) is 2.13. The van der Waals surface area contributed by atoms with Gasteiger partial charge in [0.2, 0.25) is 5.91 Å². The molecule has 17 heavy (non-hydrogen) atoms. The highest BCUT2D eigenvalue weighted by molar-refractivity contribution is 7.10. The molecule has 3 heterocycles. The topological polar surface area (TPSA) is 42.0 Å². The van der Waals surface area contributed by atoms with Gasteiger partial charge >= 0.3 is 0 Å². The van der Waals surface area contributed by atoms with E-state index in [9.17, 15) is 4.79 Å². The number of nitrogens with zero attached hydrogens (tertiary/aromatic N) is 1. The second kappa shape index (κ2) is 2.96. The molecule has 2 aromatic heterocycles. The summed E-state index contributed by atoms with van der Waals surface area (Å²) in [6.07, 6.45) is 3.36. The Kier molecular flexibility index (Phi) is 1.63. The number of thiophene rings is 1. The minimum Gasteiger partial charge on any atom is -0.310 e. The average molecular weight is 242 g/mol. The van der Waals surface area contributed by atoms with E-state index in [4.69, 9.17) is 0 Å². The van der Waals surface area contributed by atoms with Crippen molar-refractivity contribution < 1.29 is 4.79 Å². The van der Waals surface area contributed by atoms with Crippen LogP contribution >= 0.6 is 11.3 Å². The molecular weight excluding hydrogens is 232 g/mol. The zero-order valence-corrected chi connectivity index (χ0v) is 9.88. The number of pyridine rings is 1. The molecule has 2 aromatic rings. The summed E-state index contributed by atoms with van der Waals surface area (Å²) in [5.74, 6) is 0.849. The van der Waals surface area contributed by atoms with Gasteiger partial charge in [0.05, 0.1) is 5.41 Å². The third-order valence-electron chi connectivity index (χ3n) is 3.78. The summed E-state index contributed by atoms with van der Waals surface area (Å²) in [7, 11) is 0. The molecule has 0 saturated heterocycles. The SMILES string of the molecule is O=C1Nc2ncccc2C12Cc1ccsc1C2. The molecule has 1 unspecified atom stereocenters. The Labute approximate surface area is 103 Å². The first-order chi connectivity index (χ1) is 8.29. The maximum absolute atomic E-state index is 12.3. The summed E-state index contributed by atoms with van der Waals surface area (Å²) >= 11 is 1.75. The Hall–Kier alpha value is -1.68. The summed E-state index contributed by atoms with van der Waals surface area (Å²) in [6.45, 7) is 0. The van der Waals surface area contributed by atoms with Crippen molar-refractivity contribution in [2.75, 3.05) is 5.32 Å². The summed E-state index contributed by atoms with van der Waals surface area (Å²) in [5, 5.41) is 5.02. The molecule has 3 nitrogen and oxygen atoms in total. The summed E-state index contributed by atoms with van der Waals surface area (Å²) in [4.78, 5) is 17.9. The third kappa shape index (κ3) is 1.06. The molecule has 1 N–H and O–H groups in total. The highest BCUT2D eigenvalue weighted by atomic mass is 32.1. The molecule has 2 aliphatic rings. The highest BCUT2D eigenvalue weighted by Gasteiger charge is 2.51. The maximum atomic E-state index is 12.3. The number of aromatic nitrogens is 1. The number of amides is 1. The summed E-state index contributed by atoms with van der Waals surface area (Å²) < 4.78 is 0. The van der Waals surface area contributed by atoms with Crippen molar-refractivity contribution in [2.24, 2.45) is 0 Å². The first-order valence-corrected chi connectivity index (χ1v) is 6.50. The van der Waals surface area contributed by atoms with Gasteiger partial charge < -0.3 is 5.32 Å². The van der Waals surface area contributed by atoms with E-state index in [0.717, 1.165) is 24.2 Å². The van der Waals surface area contributed by atoms with E-state index < -0.39 is 0 Å². The molecule has 4 rings (SSSR count). The van der Waals surface area contributed by atoms with E-state index in [1.165, 1.54) is 10.4 Å². The molecule has 84 valence electrons. The predicted molar refractivity (Wildman–Crippen MR) is 66.3 cm³/mol. The number of anilines is 1. The van der Waals surface area contributed by atoms with Crippen molar-refractivity contribution in [3.63, 3.8) is 0 Å². The molecule has 1 aliphatic carbocycles. The lowest BCUT2D eigenvalue weighted by Gasteiger charge is -2.20. The molecule has 1 aliphatic heterocycles. The lowest BCUT2D eigenvalue weighted by molar-refractivity contribution is -0.120. The van der Waals surface area contributed by atoms with Gasteiger partial charge in [-0.3, -0.25) is 4.79 Å². The lowest BCUT2D eigenvalue weighted by Crippen LogP contribution is -2.35. The Morgan fingerprint density at radius 1 is 1.35 bits per heavy atom. The number of rotatable bonds is 0. The molecule has 0 bridgehead atoms. The third-order valence-corrected chi connectivity index (χ3v) is 4.75. The number of carbonyl (C=O) groups is 1. The van der Waals surface area contributed by atoms with Crippen LogP contribution in [0.3, 0.4) is 0 Å². The van der Waals surface area contributed by atoms with Crippen molar-refractivity contribution >= 4 is 23.1 Å². The summed E-state index contributed by atoms with van der Waals surface area (Å²) in [5.41, 5.74) is 2.00. The van der Waals surface area contributed by atoms with Crippen LogP contribution in [0.15, 0.2) is 29.8 Å². The number of fused-ring (bicyclic) bond motifs is 3. The van der Waals surface area contributed by atoms with Crippen molar-refractivity contribution in [1.29, 1.82) is 0 Å². The molecular formula is C13H10N2OS. The minimum atomic E-state index is -0.383. The van der Waals surface area contributed by atoms with E-state index in [2.05, 4.69) is 21.7 Å². The Bertz CT molecular complexity index is 611. The number of hydrogen-bond donors (Lipinski definition) is 1. The van der Waals surface area contributed by atoms with Gasteiger partial charge in [0.1, 0.15) is 5.82 Å². The first-order valence-electron chi connectivity index (χ1n) is 5.62. The van der Waals surface area contributed by atoms with Crippen molar-refractivity contribution in [1.82, 2.24) is 4.98 Å². The quantitative estimate of drug-likeness (QED) is 0.769. The molecule has 4 heteroatoms. The standard InChI is InChI=1S/C13H10N2OS/c16-12-13(6-8-3-5-17-10(8)7-13)9-2-1-4-14-11(9)15-12/h1-5H,6-7H2,(H,14,15,16). The van der Waals surface area contributed by atoms with E-state index in [-0.39, 0.29) is 11.3 Å². The zero-order chi connectivity index (χ0) is 11.5. The molecule has 0 fully saturated rings. The van der Waals surface area contributed by atoms with Crippen LogP contribution < -0.4 is 5.32 Å². The van der Waals surface area contributed by atoms with Crippen molar-refractivity contribution in [3.8, 4) is 0 Å². The van der Waals surface area contributed by atoms with Crippen LogP contribution in [-0.2, 0) is 23.1 Å². The van der Waals surface area contributed by atoms with Gasteiger partial charge in [0.25, 0.3) is 0 Å². The van der Waals surface area contributed by atoms with Crippen LogP contribution in [0.2, 0.25) is 0 Å². The van der Waals surface area contributed by atoms with Crippen molar-refractivity contribution in [3.05, 3.63) is 45.8 Å². The number of hydrogen-bond acceptors (Lipinski definition) is 3. The van der Waals surface area contributed by atoms with Crippen molar-refractivity contribution in [2.45, 2.75) is 18.3 Å². The zero-order valence-electron chi connectivity index (χ0n) is 9.06. The second-order valence-electron chi connectivity index (χ2n) is 4.66. The van der Waals surface area contributed by atoms with Crippen LogP contribution in [0.4, 0.5) is 5.82 Å². The van der Waals surface area contributed by atoms with Gasteiger partial charge in [-0.25, -0.2) is 4.98 Å². The largest absolute Gasteiger partial charge is 0.310 e. The Morgan fingerprint density at radius 2 is 2.29 bits per heavy atom. The fourth-order valence-electron chi connectivity index (χ4n) is 2.93. The Morgan fingerprint density at radius 3 is 3.18 bits per heavy atom. The molecule has 1 atom stereocenters. The first kappa shape index (κ1) is 9.36. The fourth-order valence-corrected chi connectivity index (χ4v) is 3.95.